The van der Waals surface area contributed by atoms with Crippen molar-refractivity contribution in [3.8, 4) is 0 Å². The molecule has 5 rings (SSSR count). The van der Waals surface area contributed by atoms with Gasteiger partial charge in [-0.05, 0) is 76.0 Å². The van der Waals surface area contributed by atoms with Gasteiger partial charge in [0.1, 0.15) is 4.88 Å². The number of hydrogen-bond acceptors (Lipinski definition) is 3. The summed E-state index contributed by atoms with van der Waals surface area (Å²) in [4.78, 5) is 18.4. The Kier molecular flexibility index (Phi) is 3.99. The molecule has 0 spiro atoms. The standard InChI is InChI=1S/C19H28N2OS/c1-3-4-5-16-20-12(2)17(23-16)18(22)21-19-9-13-6-14(10-19)8-15(7-13)11-19/h13-15H,3-11H2,1-2H3,(H,21,22). The first-order chi connectivity index (χ1) is 11.1. The van der Waals surface area contributed by atoms with Crippen molar-refractivity contribution in [3.05, 3.63) is 15.6 Å². The van der Waals surface area contributed by atoms with Crippen molar-refractivity contribution in [1.29, 1.82) is 0 Å². The van der Waals surface area contributed by atoms with Crippen LogP contribution in [0.3, 0.4) is 0 Å². The van der Waals surface area contributed by atoms with Crippen molar-refractivity contribution < 1.29 is 4.79 Å². The van der Waals surface area contributed by atoms with E-state index in [1.807, 2.05) is 6.92 Å². The fourth-order valence-corrected chi connectivity index (χ4v) is 6.66. The van der Waals surface area contributed by atoms with E-state index in [0.717, 1.165) is 46.2 Å². The fraction of sp³-hybridized carbons (Fsp3) is 0.789. The Morgan fingerprint density at radius 3 is 2.39 bits per heavy atom. The van der Waals surface area contributed by atoms with Crippen LogP contribution in [0.25, 0.3) is 0 Å². The Labute approximate surface area is 143 Å². The van der Waals surface area contributed by atoms with Gasteiger partial charge < -0.3 is 5.32 Å². The smallest absolute Gasteiger partial charge is 0.263 e. The third-order valence-electron chi connectivity index (χ3n) is 6.21. The highest BCUT2D eigenvalue weighted by Crippen LogP contribution is 2.55. The van der Waals surface area contributed by atoms with E-state index in [1.54, 1.807) is 11.3 Å². The van der Waals surface area contributed by atoms with Crippen LogP contribution in [0.1, 0.15) is 78.7 Å². The molecule has 1 aromatic rings. The number of thiazole rings is 1. The third-order valence-corrected chi connectivity index (χ3v) is 7.42. The van der Waals surface area contributed by atoms with Gasteiger partial charge in [0, 0.05) is 5.54 Å². The molecule has 4 saturated carbocycles. The molecule has 4 heteroatoms. The Morgan fingerprint density at radius 2 is 1.83 bits per heavy atom. The molecule has 4 fully saturated rings. The lowest BCUT2D eigenvalue weighted by Crippen LogP contribution is -2.59. The van der Waals surface area contributed by atoms with E-state index in [4.69, 9.17) is 0 Å². The van der Waals surface area contributed by atoms with Crippen molar-refractivity contribution >= 4 is 17.2 Å². The summed E-state index contributed by atoms with van der Waals surface area (Å²) in [5, 5.41) is 4.61. The monoisotopic (exact) mass is 332 g/mol. The largest absolute Gasteiger partial charge is 0.346 e. The quantitative estimate of drug-likeness (QED) is 0.863. The molecule has 1 aromatic heterocycles. The fourth-order valence-electron chi connectivity index (χ4n) is 5.66. The number of carbonyl (C=O) groups excluding carboxylic acids is 1. The molecule has 3 nitrogen and oxygen atoms in total. The predicted molar refractivity (Wildman–Crippen MR) is 93.8 cm³/mol. The molecule has 1 N–H and O–H groups in total. The first kappa shape index (κ1) is 15.6. The Balaban J connectivity index is 1.49. The minimum atomic E-state index is 0.103. The Hall–Kier alpha value is -0.900. The molecule has 0 atom stereocenters. The molecule has 0 aromatic carbocycles. The highest BCUT2D eigenvalue weighted by atomic mass is 32.1. The Morgan fingerprint density at radius 1 is 1.22 bits per heavy atom. The number of unbranched alkanes of at least 4 members (excludes halogenated alkanes) is 1. The summed E-state index contributed by atoms with van der Waals surface area (Å²) >= 11 is 1.61. The number of carbonyl (C=O) groups is 1. The van der Waals surface area contributed by atoms with Crippen LogP contribution >= 0.6 is 11.3 Å². The van der Waals surface area contributed by atoms with Crippen LogP contribution in [0.15, 0.2) is 0 Å². The van der Waals surface area contributed by atoms with Crippen molar-refractivity contribution in [3.63, 3.8) is 0 Å². The second kappa shape index (κ2) is 5.87. The molecule has 0 saturated heterocycles. The first-order valence-electron chi connectivity index (χ1n) is 9.36. The van der Waals surface area contributed by atoms with Gasteiger partial charge in [-0.25, -0.2) is 4.98 Å². The molecule has 4 aliphatic rings. The van der Waals surface area contributed by atoms with Crippen LogP contribution in [0, 0.1) is 24.7 Å². The molecular weight excluding hydrogens is 304 g/mol. The highest BCUT2D eigenvalue weighted by Gasteiger charge is 2.51. The van der Waals surface area contributed by atoms with Gasteiger partial charge in [0.2, 0.25) is 0 Å². The second-order valence-electron chi connectivity index (χ2n) is 8.28. The average Bonchev–Trinajstić information content (AvgIpc) is 2.84. The van der Waals surface area contributed by atoms with Crippen LogP contribution in [-0.4, -0.2) is 16.4 Å². The number of aryl methyl sites for hydroxylation is 2. The van der Waals surface area contributed by atoms with Crippen LogP contribution in [0.4, 0.5) is 0 Å². The second-order valence-corrected chi connectivity index (χ2v) is 9.36. The van der Waals surface area contributed by atoms with Gasteiger partial charge >= 0.3 is 0 Å². The SMILES string of the molecule is CCCCc1nc(C)c(C(=O)NC23CC4CC(CC(C4)C2)C3)s1. The molecule has 0 unspecified atom stereocenters. The molecule has 23 heavy (non-hydrogen) atoms. The van der Waals surface area contributed by atoms with Crippen molar-refractivity contribution in [2.45, 2.75) is 77.2 Å². The van der Waals surface area contributed by atoms with Crippen LogP contribution < -0.4 is 5.32 Å². The molecule has 1 amide bonds. The van der Waals surface area contributed by atoms with Crippen molar-refractivity contribution in [2.24, 2.45) is 17.8 Å². The van der Waals surface area contributed by atoms with E-state index in [0.29, 0.717) is 0 Å². The van der Waals surface area contributed by atoms with Crippen LogP contribution in [0.2, 0.25) is 0 Å². The summed E-state index contributed by atoms with van der Waals surface area (Å²) < 4.78 is 0. The average molecular weight is 333 g/mol. The maximum Gasteiger partial charge on any atom is 0.263 e. The van der Waals surface area contributed by atoms with Gasteiger partial charge in [-0.1, -0.05) is 13.3 Å². The van der Waals surface area contributed by atoms with Crippen molar-refractivity contribution in [1.82, 2.24) is 10.3 Å². The molecular formula is C19H28N2OS. The lowest BCUT2D eigenvalue weighted by atomic mass is 9.53. The van der Waals surface area contributed by atoms with E-state index in [2.05, 4.69) is 17.2 Å². The minimum absolute atomic E-state index is 0.103. The number of amides is 1. The number of nitrogens with zero attached hydrogens (tertiary/aromatic N) is 1. The van der Waals surface area contributed by atoms with Gasteiger partial charge in [0.05, 0.1) is 10.7 Å². The minimum Gasteiger partial charge on any atom is -0.346 e. The Bertz CT molecular complexity index is 571. The third kappa shape index (κ3) is 2.95. The van der Waals surface area contributed by atoms with Crippen LogP contribution in [0.5, 0.6) is 0 Å². The maximum atomic E-state index is 12.9. The lowest BCUT2D eigenvalue weighted by molar-refractivity contribution is -0.0166. The van der Waals surface area contributed by atoms with E-state index >= 15 is 0 Å². The zero-order chi connectivity index (χ0) is 16.0. The summed E-state index contributed by atoms with van der Waals surface area (Å²) in [6, 6.07) is 0. The topological polar surface area (TPSA) is 42.0 Å². The zero-order valence-electron chi connectivity index (χ0n) is 14.4. The molecule has 0 radical (unpaired) electrons. The summed E-state index contributed by atoms with van der Waals surface area (Å²) in [5.74, 6) is 2.74. The van der Waals surface area contributed by atoms with Gasteiger partial charge in [-0.15, -0.1) is 11.3 Å². The van der Waals surface area contributed by atoms with Gasteiger partial charge in [0.15, 0.2) is 0 Å². The summed E-state index contributed by atoms with van der Waals surface area (Å²) in [7, 11) is 0. The molecule has 0 aliphatic heterocycles. The number of hydrogen-bond donors (Lipinski definition) is 1. The van der Waals surface area contributed by atoms with Gasteiger partial charge in [-0.3, -0.25) is 4.79 Å². The van der Waals surface area contributed by atoms with E-state index in [1.165, 1.54) is 44.9 Å². The van der Waals surface area contributed by atoms with Gasteiger partial charge in [-0.2, -0.15) is 0 Å². The summed E-state index contributed by atoms with van der Waals surface area (Å²) in [6.45, 7) is 4.18. The van der Waals surface area contributed by atoms with Crippen molar-refractivity contribution in [2.75, 3.05) is 0 Å². The molecule has 126 valence electrons. The first-order valence-corrected chi connectivity index (χ1v) is 10.2. The summed E-state index contributed by atoms with van der Waals surface area (Å²) in [6.07, 6.45) is 11.2. The summed E-state index contributed by atoms with van der Waals surface area (Å²) in [5.41, 5.74) is 1.02. The van der Waals surface area contributed by atoms with E-state index < -0.39 is 0 Å². The maximum absolute atomic E-state index is 12.9. The molecule has 4 aliphatic carbocycles. The van der Waals surface area contributed by atoms with E-state index in [9.17, 15) is 4.79 Å². The van der Waals surface area contributed by atoms with Gasteiger partial charge in [0.25, 0.3) is 5.91 Å². The van der Waals surface area contributed by atoms with Crippen LogP contribution in [-0.2, 0) is 6.42 Å². The normalized spacial score (nSPS) is 34.8. The number of nitrogens with one attached hydrogen (secondary N) is 1. The number of aromatic nitrogens is 1. The zero-order valence-corrected chi connectivity index (χ0v) is 15.2. The number of rotatable bonds is 5. The predicted octanol–water partition coefficient (Wildman–Crippen LogP) is 4.49. The molecule has 4 bridgehead atoms. The lowest BCUT2D eigenvalue weighted by Gasteiger charge is -2.56. The molecule has 1 heterocycles. The van der Waals surface area contributed by atoms with E-state index in [-0.39, 0.29) is 11.4 Å². The highest BCUT2D eigenvalue weighted by molar-refractivity contribution is 7.13.